The maximum absolute atomic E-state index is 12.2. The SMILES string of the molecule is C=CCCC(NC(=O)OC)C(F)F. The predicted octanol–water partition coefficient (Wildman–Crippen LogP) is 1.94. The van der Waals surface area contributed by atoms with Crippen molar-refractivity contribution in [1.82, 2.24) is 5.32 Å². The van der Waals surface area contributed by atoms with Gasteiger partial charge in [0.05, 0.1) is 13.2 Å². The third-order valence-corrected chi connectivity index (χ3v) is 1.47. The highest BCUT2D eigenvalue weighted by Crippen LogP contribution is 2.08. The van der Waals surface area contributed by atoms with E-state index < -0.39 is 18.6 Å². The lowest BCUT2D eigenvalue weighted by Crippen LogP contribution is -2.39. The smallest absolute Gasteiger partial charge is 0.407 e. The molecule has 0 aliphatic heterocycles. The Morgan fingerprint density at radius 2 is 2.31 bits per heavy atom. The fourth-order valence-electron chi connectivity index (χ4n) is 0.769. The van der Waals surface area contributed by atoms with E-state index in [9.17, 15) is 13.6 Å². The molecule has 13 heavy (non-hydrogen) atoms. The van der Waals surface area contributed by atoms with Gasteiger partial charge in [-0.1, -0.05) is 6.08 Å². The molecule has 0 aliphatic rings. The Labute approximate surface area is 75.8 Å². The summed E-state index contributed by atoms with van der Waals surface area (Å²) in [4.78, 5) is 10.6. The largest absolute Gasteiger partial charge is 0.453 e. The van der Waals surface area contributed by atoms with Crippen molar-refractivity contribution in [3.63, 3.8) is 0 Å². The molecule has 0 saturated carbocycles. The number of amides is 1. The third kappa shape index (κ3) is 5.16. The number of carbonyl (C=O) groups excluding carboxylic acids is 1. The molecule has 5 heteroatoms. The molecule has 76 valence electrons. The first-order valence-corrected chi connectivity index (χ1v) is 3.85. The minimum atomic E-state index is -2.58. The molecule has 0 aromatic heterocycles. The maximum Gasteiger partial charge on any atom is 0.407 e. The maximum atomic E-state index is 12.2. The van der Waals surface area contributed by atoms with Crippen LogP contribution in [0.25, 0.3) is 0 Å². The van der Waals surface area contributed by atoms with Gasteiger partial charge >= 0.3 is 6.09 Å². The van der Waals surface area contributed by atoms with Crippen LogP contribution in [0.15, 0.2) is 12.7 Å². The van der Waals surface area contributed by atoms with E-state index in [0.717, 1.165) is 7.11 Å². The van der Waals surface area contributed by atoms with Crippen LogP contribution in [0, 0.1) is 0 Å². The van der Waals surface area contributed by atoms with E-state index >= 15 is 0 Å². The summed E-state index contributed by atoms with van der Waals surface area (Å²) in [5.74, 6) is 0. The first-order valence-electron chi connectivity index (χ1n) is 3.85. The van der Waals surface area contributed by atoms with Gasteiger partial charge in [0.2, 0.25) is 0 Å². The van der Waals surface area contributed by atoms with Crippen LogP contribution in [0.5, 0.6) is 0 Å². The van der Waals surface area contributed by atoms with Gasteiger partial charge in [-0.3, -0.25) is 0 Å². The number of hydrogen-bond donors (Lipinski definition) is 1. The fraction of sp³-hybridized carbons (Fsp3) is 0.625. The Morgan fingerprint density at radius 1 is 1.69 bits per heavy atom. The number of halogens is 2. The summed E-state index contributed by atoms with van der Waals surface area (Å²) in [6.45, 7) is 3.40. The van der Waals surface area contributed by atoms with Crippen LogP contribution in [-0.4, -0.2) is 25.7 Å². The number of ether oxygens (including phenoxy) is 1. The summed E-state index contributed by atoms with van der Waals surface area (Å²) in [5, 5.41) is 2.04. The number of allylic oxidation sites excluding steroid dienone is 1. The van der Waals surface area contributed by atoms with Crippen LogP contribution in [0.3, 0.4) is 0 Å². The number of methoxy groups -OCH3 is 1. The number of alkyl carbamates (subject to hydrolysis) is 1. The highest BCUT2D eigenvalue weighted by molar-refractivity contribution is 5.67. The average molecular weight is 193 g/mol. The zero-order valence-corrected chi connectivity index (χ0v) is 7.43. The van der Waals surface area contributed by atoms with Gasteiger partial charge in [0.1, 0.15) is 0 Å². The van der Waals surface area contributed by atoms with E-state index in [0.29, 0.717) is 6.42 Å². The zero-order chi connectivity index (χ0) is 10.3. The van der Waals surface area contributed by atoms with Crippen molar-refractivity contribution < 1.29 is 18.3 Å². The molecule has 1 N–H and O–H groups in total. The normalized spacial score (nSPS) is 12.3. The molecule has 0 rings (SSSR count). The lowest BCUT2D eigenvalue weighted by Gasteiger charge is -2.15. The van der Waals surface area contributed by atoms with Crippen molar-refractivity contribution in [2.75, 3.05) is 7.11 Å². The minimum Gasteiger partial charge on any atom is -0.453 e. The molecular formula is C8H13F2NO2. The molecule has 0 bridgehead atoms. The first-order chi connectivity index (χ1) is 6.11. The van der Waals surface area contributed by atoms with E-state index in [1.807, 2.05) is 5.32 Å². The molecular weight excluding hydrogens is 180 g/mol. The van der Waals surface area contributed by atoms with Gasteiger partial charge in [-0.25, -0.2) is 13.6 Å². The molecule has 0 aliphatic carbocycles. The van der Waals surface area contributed by atoms with E-state index in [1.54, 1.807) is 0 Å². The molecule has 0 aromatic rings. The topological polar surface area (TPSA) is 38.3 Å². The molecule has 1 unspecified atom stereocenters. The number of nitrogens with one attached hydrogen (secondary N) is 1. The van der Waals surface area contributed by atoms with E-state index in [2.05, 4.69) is 11.3 Å². The second-order valence-electron chi connectivity index (χ2n) is 2.44. The van der Waals surface area contributed by atoms with Crippen LogP contribution in [0.4, 0.5) is 13.6 Å². The van der Waals surface area contributed by atoms with Crippen LogP contribution >= 0.6 is 0 Å². The molecule has 0 saturated heterocycles. The Balaban J connectivity index is 3.93. The summed E-state index contributed by atoms with van der Waals surface area (Å²) < 4.78 is 28.6. The van der Waals surface area contributed by atoms with Gasteiger partial charge in [0.25, 0.3) is 6.43 Å². The second kappa shape index (κ2) is 6.39. The fourth-order valence-corrected chi connectivity index (χ4v) is 0.769. The monoisotopic (exact) mass is 193 g/mol. The molecule has 0 radical (unpaired) electrons. The minimum absolute atomic E-state index is 0.163. The third-order valence-electron chi connectivity index (χ3n) is 1.47. The number of rotatable bonds is 5. The standard InChI is InChI=1S/C8H13F2NO2/c1-3-4-5-6(7(9)10)11-8(12)13-2/h3,6-7H,1,4-5H2,2H3,(H,11,12). The summed E-state index contributed by atoms with van der Waals surface area (Å²) in [6, 6.07) is -1.16. The molecule has 0 fully saturated rings. The highest BCUT2D eigenvalue weighted by Gasteiger charge is 2.21. The molecule has 0 aromatic carbocycles. The van der Waals surface area contributed by atoms with Gasteiger partial charge in [-0.05, 0) is 12.8 Å². The van der Waals surface area contributed by atoms with E-state index in [1.165, 1.54) is 6.08 Å². The summed E-state index contributed by atoms with van der Waals surface area (Å²) in [7, 11) is 1.13. The highest BCUT2D eigenvalue weighted by atomic mass is 19.3. The van der Waals surface area contributed by atoms with Crippen LogP contribution in [-0.2, 0) is 4.74 Å². The lowest BCUT2D eigenvalue weighted by molar-refractivity contribution is 0.0872. The predicted molar refractivity (Wildman–Crippen MR) is 44.8 cm³/mol. The zero-order valence-electron chi connectivity index (χ0n) is 7.43. The summed E-state index contributed by atoms with van der Waals surface area (Å²) in [6.07, 6.45) is -1.31. The van der Waals surface area contributed by atoms with Crippen LogP contribution in [0.1, 0.15) is 12.8 Å². The van der Waals surface area contributed by atoms with Crippen molar-refractivity contribution in [3.8, 4) is 0 Å². The van der Waals surface area contributed by atoms with Crippen molar-refractivity contribution in [3.05, 3.63) is 12.7 Å². The Hall–Kier alpha value is -1.13. The Bertz CT molecular complexity index is 174. The van der Waals surface area contributed by atoms with Gasteiger partial charge < -0.3 is 10.1 Å². The Morgan fingerprint density at radius 3 is 2.69 bits per heavy atom. The molecule has 1 amide bonds. The summed E-state index contributed by atoms with van der Waals surface area (Å²) >= 11 is 0. The molecule has 3 nitrogen and oxygen atoms in total. The Kier molecular flexibility index (Phi) is 5.84. The van der Waals surface area contributed by atoms with Crippen LogP contribution in [0.2, 0.25) is 0 Å². The van der Waals surface area contributed by atoms with Crippen LogP contribution < -0.4 is 5.32 Å². The first kappa shape index (κ1) is 11.9. The molecule has 1 atom stereocenters. The van der Waals surface area contributed by atoms with Crippen molar-refractivity contribution in [2.24, 2.45) is 0 Å². The van der Waals surface area contributed by atoms with E-state index in [4.69, 9.17) is 0 Å². The second-order valence-corrected chi connectivity index (χ2v) is 2.44. The van der Waals surface area contributed by atoms with Crippen molar-refractivity contribution in [1.29, 1.82) is 0 Å². The van der Waals surface area contributed by atoms with Crippen molar-refractivity contribution in [2.45, 2.75) is 25.3 Å². The number of hydrogen-bond acceptors (Lipinski definition) is 2. The quantitative estimate of drug-likeness (QED) is 0.677. The number of carbonyl (C=O) groups is 1. The van der Waals surface area contributed by atoms with Crippen molar-refractivity contribution >= 4 is 6.09 Å². The van der Waals surface area contributed by atoms with Gasteiger partial charge in [0.15, 0.2) is 0 Å². The average Bonchev–Trinajstić information content (AvgIpc) is 2.11. The lowest BCUT2D eigenvalue weighted by atomic mass is 10.1. The molecule has 0 heterocycles. The summed E-state index contributed by atoms with van der Waals surface area (Å²) in [5.41, 5.74) is 0. The van der Waals surface area contributed by atoms with Gasteiger partial charge in [-0.15, -0.1) is 6.58 Å². The number of alkyl halides is 2. The van der Waals surface area contributed by atoms with Gasteiger partial charge in [-0.2, -0.15) is 0 Å². The van der Waals surface area contributed by atoms with Gasteiger partial charge in [0, 0.05) is 0 Å². The molecule has 0 spiro atoms. The van der Waals surface area contributed by atoms with E-state index in [-0.39, 0.29) is 6.42 Å².